The predicted octanol–water partition coefficient (Wildman–Crippen LogP) is 9.49. The standard InChI is InChI=1S/C37H25ClN4/c38-29-17-20-30(21-18-29)41-35-24-31(42-39-34-22-16-26-11-7-8-14-32(26)36(34)40-42)19-15-28(35)23-33(25-9-3-1-4-10-25)37(41)27-12-5-2-6-13-27/h1-22,24H,23H2. The van der Waals surface area contributed by atoms with E-state index in [1.54, 1.807) is 4.80 Å². The molecule has 42 heavy (non-hydrogen) atoms. The maximum Gasteiger partial charge on any atom is 0.121 e. The van der Waals surface area contributed by atoms with Gasteiger partial charge in [-0.05, 0) is 70.1 Å². The summed E-state index contributed by atoms with van der Waals surface area (Å²) in [6.07, 6.45) is 0.799. The topological polar surface area (TPSA) is 34.0 Å². The van der Waals surface area contributed by atoms with Crippen LogP contribution in [0.3, 0.4) is 0 Å². The molecule has 1 aliphatic heterocycles. The van der Waals surface area contributed by atoms with Crippen molar-refractivity contribution in [2.24, 2.45) is 0 Å². The first-order valence-corrected chi connectivity index (χ1v) is 14.4. The Labute approximate surface area is 248 Å². The van der Waals surface area contributed by atoms with Crippen LogP contribution in [0.15, 0.2) is 140 Å². The highest BCUT2D eigenvalue weighted by Crippen LogP contribution is 2.47. The Bertz CT molecular complexity index is 2110. The van der Waals surface area contributed by atoms with Gasteiger partial charge in [-0.1, -0.05) is 109 Å². The van der Waals surface area contributed by atoms with Gasteiger partial charge in [0.2, 0.25) is 0 Å². The third-order valence-corrected chi connectivity index (χ3v) is 8.20. The van der Waals surface area contributed by atoms with Crippen LogP contribution in [-0.4, -0.2) is 15.0 Å². The molecule has 0 bridgehead atoms. The SMILES string of the molecule is Clc1ccc(N2C(c3ccccc3)=C(c3ccccc3)Cc3ccc(-n4nc5ccc6ccccc6c5n4)cc32)cc1. The second-order valence-electron chi connectivity index (χ2n) is 10.5. The minimum atomic E-state index is 0.706. The maximum atomic E-state index is 6.36. The van der Waals surface area contributed by atoms with Gasteiger partial charge in [-0.15, -0.1) is 10.2 Å². The van der Waals surface area contributed by atoms with Gasteiger partial charge >= 0.3 is 0 Å². The van der Waals surface area contributed by atoms with E-state index in [-0.39, 0.29) is 0 Å². The van der Waals surface area contributed by atoms with E-state index in [9.17, 15) is 0 Å². The Balaban J connectivity index is 1.36. The summed E-state index contributed by atoms with van der Waals surface area (Å²) >= 11 is 6.36. The van der Waals surface area contributed by atoms with Gasteiger partial charge in [0.25, 0.3) is 0 Å². The molecule has 0 saturated heterocycles. The minimum Gasteiger partial charge on any atom is -0.309 e. The average Bonchev–Trinajstić information content (AvgIpc) is 3.50. The van der Waals surface area contributed by atoms with E-state index in [0.29, 0.717) is 5.02 Å². The van der Waals surface area contributed by atoms with E-state index >= 15 is 0 Å². The fourth-order valence-corrected chi connectivity index (χ4v) is 6.09. The molecule has 1 aliphatic rings. The van der Waals surface area contributed by atoms with Crippen LogP contribution in [0.2, 0.25) is 5.02 Å². The molecular weight excluding hydrogens is 536 g/mol. The number of rotatable bonds is 4. The number of hydrogen-bond acceptors (Lipinski definition) is 3. The Morgan fingerprint density at radius 3 is 2.07 bits per heavy atom. The largest absolute Gasteiger partial charge is 0.309 e. The molecule has 6 aromatic carbocycles. The Kier molecular flexibility index (Phi) is 5.87. The molecule has 0 amide bonds. The normalized spacial score (nSPS) is 13.1. The van der Waals surface area contributed by atoms with E-state index in [2.05, 4.69) is 120 Å². The molecule has 200 valence electrons. The first-order chi connectivity index (χ1) is 20.7. The van der Waals surface area contributed by atoms with Gasteiger partial charge in [-0.25, -0.2) is 0 Å². The summed E-state index contributed by atoms with van der Waals surface area (Å²) in [4.78, 5) is 4.12. The number of benzene rings is 6. The summed E-state index contributed by atoms with van der Waals surface area (Å²) in [6.45, 7) is 0. The number of allylic oxidation sites excluding steroid dienone is 1. The Hall–Kier alpha value is -5.19. The van der Waals surface area contributed by atoms with Crippen LogP contribution in [0.4, 0.5) is 11.4 Å². The first-order valence-electron chi connectivity index (χ1n) is 14.0. The van der Waals surface area contributed by atoms with Crippen LogP contribution in [-0.2, 0) is 6.42 Å². The lowest BCUT2D eigenvalue weighted by Crippen LogP contribution is -2.23. The molecule has 0 radical (unpaired) electrons. The lowest BCUT2D eigenvalue weighted by atomic mass is 9.87. The summed E-state index contributed by atoms with van der Waals surface area (Å²) < 4.78 is 0. The molecule has 5 heteroatoms. The third kappa shape index (κ3) is 4.16. The molecule has 0 aliphatic carbocycles. The van der Waals surface area contributed by atoms with Crippen molar-refractivity contribution >= 4 is 56.1 Å². The molecule has 0 atom stereocenters. The van der Waals surface area contributed by atoms with Gasteiger partial charge < -0.3 is 4.90 Å². The summed E-state index contributed by atoms with van der Waals surface area (Å²) in [5.41, 5.74) is 10.8. The first kappa shape index (κ1) is 24.6. The number of nitrogens with zero attached hydrogens (tertiary/aromatic N) is 4. The van der Waals surface area contributed by atoms with Crippen molar-refractivity contribution in [3.63, 3.8) is 0 Å². The lowest BCUT2D eigenvalue weighted by molar-refractivity contribution is 0.765. The van der Waals surface area contributed by atoms with Crippen LogP contribution >= 0.6 is 11.6 Å². The van der Waals surface area contributed by atoms with E-state index in [4.69, 9.17) is 21.8 Å². The van der Waals surface area contributed by atoms with Crippen molar-refractivity contribution in [1.82, 2.24) is 15.0 Å². The minimum absolute atomic E-state index is 0.706. The Morgan fingerprint density at radius 2 is 1.29 bits per heavy atom. The summed E-state index contributed by atoms with van der Waals surface area (Å²) in [5, 5.41) is 12.8. The zero-order valence-electron chi connectivity index (χ0n) is 22.7. The monoisotopic (exact) mass is 560 g/mol. The van der Waals surface area contributed by atoms with Crippen molar-refractivity contribution < 1.29 is 0 Å². The molecule has 0 saturated carbocycles. The van der Waals surface area contributed by atoms with Gasteiger partial charge in [-0.2, -0.15) is 4.80 Å². The fraction of sp³-hybridized carbons (Fsp3) is 0.0270. The van der Waals surface area contributed by atoms with Crippen molar-refractivity contribution in [2.75, 3.05) is 4.90 Å². The van der Waals surface area contributed by atoms with Crippen LogP contribution in [0.25, 0.3) is 38.8 Å². The van der Waals surface area contributed by atoms with Crippen LogP contribution in [0, 0.1) is 0 Å². The molecule has 0 spiro atoms. The highest BCUT2D eigenvalue weighted by Gasteiger charge is 2.29. The lowest BCUT2D eigenvalue weighted by Gasteiger charge is -2.36. The predicted molar refractivity (Wildman–Crippen MR) is 173 cm³/mol. The van der Waals surface area contributed by atoms with Crippen LogP contribution in [0.1, 0.15) is 16.7 Å². The molecule has 0 unspecified atom stereocenters. The summed E-state index contributed by atoms with van der Waals surface area (Å²) in [5.74, 6) is 0. The van der Waals surface area contributed by atoms with Crippen LogP contribution in [0.5, 0.6) is 0 Å². The van der Waals surface area contributed by atoms with Crippen molar-refractivity contribution in [3.8, 4) is 5.69 Å². The number of anilines is 2. The highest BCUT2D eigenvalue weighted by molar-refractivity contribution is 6.30. The molecular formula is C37H25ClN4. The Morgan fingerprint density at radius 1 is 0.595 bits per heavy atom. The van der Waals surface area contributed by atoms with Gasteiger partial charge in [-0.3, -0.25) is 0 Å². The van der Waals surface area contributed by atoms with E-state index < -0.39 is 0 Å². The van der Waals surface area contributed by atoms with E-state index in [0.717, 1.165) is 56.5 Å². The molecule has 4 nitrogen and oxygen atoms in total. The van der Waals surface area contributed by atoms with Crippen molar-refractivity contribution in [3.05, 3.63) is 161 Å². The molecule has 0 N–H and O–H groups in total. The highest BCUT2D eigenvalue weighted by atomic mass is 35.5. The smallest absolute Gasteiger partial charge is 0.121 e. The molecule has 7 aromatic rings. The molecule has 0 fully saturated rings. The zero-order valence-corrected chi connectivity index (χ0v) is 23.4. The van der Waals surface area contributed by atoms with Crippen molar-refractivity contribution in [1.29, 1.82) is 0 Å². The molecule has 1 aromatic heterocycles. The fourth-order valence-electron chi connectivity index (χ4n) is 5.96. The maximum absolute atomic E-state index is 6.36. The number of fused-ring (bicyclic) bond motifs is 4. The van der Waals surface area contributed by atoms with Crippen LogP contribution < -0.4 is 4.90 Å². The number of aromatic nitrogens is 3. The summed E-state index contributed by atoms with van der Waals surface area (Å²) in [6, 6.07) is 48.4. The van der Waals surface area contributed by atoms with Gasteiger partial charge in [0.05, 0.1) is 17.1 Å². The van der Waals surface area contributed by atoms with E-state index in [1.165, 1.54) is 16.7 Å². The van der Waals surface area contributed by atoms with E-state index in [1.807, 2.05) is 24.3 Å². The van der Waals surface area contributed by atoms with Gasteiger partial charge in [0.1, 0.15) is 11.0 Å². The van der Waals surface area contributed by atoms with Crippen molar-refractivity contribution in [2.45, 2.75) is 6.42 Å². The molecule has 2 heterocycles. The van der Waals surface area contributed by atoms with Gasteiger partial charge in [0, 0.05) is 22.5 Å². The van der Waals surface area contributed by atoms with Gasteiger partial charge in [0.15, 0.2) is 0 Å². The number of halogens is 1. The third-order valence-electron chi connectivity index (χ3n) is 7.95. The average molecular weight is 561 g/mol. The second-order valence-corrected chi connectivity index (χ2v) is 10.9. The quantitative estimate of drug-likeness (QED) is 0.215. The second kappa shape index (κ2) is 10.0. The number of hydrogen-bond donors (Lipinski definition) is 0. The molecule has 8 rings (SSSR count). The zero-order chi connectivity index (χ0) is 28.0. The summed E-state index contributed by atoms with van der Waals surface area (Å²) in [7, 11) is 0.